The van der Waals surface area contributed by atoms with Crippen LogP contribution >= 0.6 is 15.9 Å². The number of benzene rings is 1. The third-order valence-corrected chi connectivity index (χ3v) is 3.91. The number of ether oxygens (including phenoxy) is 1. The van der Waals surface area contributed by atoms with E-state index in [1.165, 1.54) is 0 Å². The molecule has 0 bridgehead atoms. The Labute approximate surface area is 133 Å². The van der Waals surface area contributed by atoms with Gasteiger partial charge in [0.1, 0.15) is 5.82 Å². The van der Waals surface area contributed by atoms with Crippen LogP contribution in [0.1, 0.15) is 10.4 Å². The molecule has 23 heavy (non-hydrogen) atoms. The zero-order valence-corrected chi connectivity index (χ0v) is 12.8. The van der Waals surface area contributed by atoms with Gasteiger partial charge >= 0.3 is 27.5 Å². The second-order valence-corrected chi connectivity index (χ2v) is 6.34. The highest BCUT2D eigenvalue weighted by atomic mass is 79.9. The summed E-state index contributed by atoms with van der Waals surface area (Å²) >= 11 is 2.66. The summed E-state index contributed by atoms with van der Waals surface area (Å²) in [4.78, 5) is 11.5. The van der Waals surface area contributed by atoms with E-state index in [9.17, 15) is 39.6 Å². The Morgan fingerprint density at radius 3 is 2.17 bits per heavy atom. The first kappa shape index (κ1) is 19.7. The number of carbonyl (C=O) groups excluding carboxylic acids is 1. The molecular formula is C10H5BrF6O5S. The maximum atomic E-state index is 13.2. The van der Waals surface area contributed by atoms with Crippen LogP contribution < -0.4 is 0 Å². The molecule has 0 saturated heterocycles. The highest BCUT2D eigenvalue weighted by Gasteiger charge is 2.66. The molecule has 0 aromatic heterocycles. The maximum Gasteiger partial charge on any atom is 0.432 e. The summed E-state index contributed by atoms with van der Waals surface area (Å²) in [6, 6.07) is 2.07. The molecule has 0 aliphatic rings. The van der Waals surface area contributed by atoms with E-state index in [1.807, 2.05) is 0 Å². The molecule has 1 atom stereocenters. The van der Waals surface area contributed by atoms with Crippen molar-refractivity contribution in [1.82, 2.24) is 0 Å². The quantitative estimate of drug-likeness (QED) is 0.450. The van der Waals surface area contributed by atoms with E-state index < -0.39 is 45.0 Å². The Morgan fingerprint density at radius 1 is 1.22 bits per heavy atom. The van der Waals surface area contributed by atoms with Crippen molar-refractivity contribution >= 4 is 32.0 Å². The molecule has 0 aliphatic carbocycles. The SMILES string of the molecule is O=C(OC(C(F)(F)F)C(F)(F)S(=O)(=O)O)c1cc(F)ccc1Br. The van der Waals surface area contributed by atoms with Gasteiger partial charge in [-0.15, -0.1) is 0 Å². The van der Waals surface area contributed by atoms with Gasteiger partial charge in [-0.05, 0) is 34.1 Å². The molecule has 0 fully saturated rings. The van der Waals surface area contributed by atoms with E-state index in [-0.39, 0.29) is 4.47 Å². The van der Waals surface area contributed by atoms with Gasteiger partial charge in [0, 0.05) is 4.47 Å². The van der Waals surface area contributed by atoms with Gasteiger partial charge in [-0.1, -0.05) is 0 Å². The highest BCUT2D eigenvalue weighted by molar-refractivity contribution is 9.10. The van der Waals surface area contributed by atoms with Gasteiger partial charge in [0.05, 0.1) is 5.56 Å². The topological polar surface area (TPSA) is 80.7 Å². The van der Waals surface area contributed by atoms with E-state index in [1.54, 1.807) is 0 Å². The van der Waals surface area contributed by atoms with Crippen LogP contribution in [0.15, 0.2) is 22.7 Å². The molecule has 0 heterocycles. The summed E-state index contributed by atoms with van der Waals surface area (Å²) in [5.74, 6) is -3.17. The molecule has 1 aromatic carbocycles. The Morgan fingerprint density at radius 2 is 1.74 bits per heavy atom. The van der Waals surface area contributed by atoms with Crippen LogP contribution in [-0.4, -0.2) is 36.5 Å². The number of carbonyl (C=O) groups is 1. The molecule has 0 spiro atoms. The molecule has 0 saturated carbocycles. The molecule has 130 valence electrons. The van der Waals surface area contributed by atoms with E-state index in [2.05, 4.69) is 20.7 Å². The molecule has 1 rings (SSSR count). The lowest BCUT2D eigenvalue weighted by Crippen LogP contribution is -2.52. The number of halogens is 7. The van der Waals surface area contributed by atoms with Gasteiger partial charge in [-0.25, -0.2) is 9.18 Å². The van der Waals surface area contributed by atoms with Crippen molar-refractivity contribution in [3.8, 4) is 0 Å². The van der Waals surface area contributed by atoms with Gasteiger partial charge in [-0.2, -0.15) is 30.4 Å². The highest BCUT2D eigenvalue weighted by Crippen LogP contribution is 2.38. The van der Waals surface area contributed by atoms with Crippen molar-refractivity contribution in [2.75, 3.05) is 0 Å². The number of hydrogen-bond donors (Lipinski definition) is 1. The second kappa shape index (κ2) is 6.28. The molecule has 5 nitrogen and oxygen atoms in total. The minimum atomic E-state index is -6.55. The fourth-order valence-electron chi connectivity index (χ4n) is 1.29. The van der Waals surface area contributed by atoms with E-state index in [4.69, 9.17) is 4.55 Å². The smallest absolute Gasteiger partial charge is 0.432 e. The molecule has 0 aliphatic heterocycles. The Kier molecular flexibility index (Phi) is 5.38. The van der Waals surface area contributed by atoms with Crippen molar-refractivity contribution in [3.05, 3.63) is 34.1 Å². The van der Waals surface area contributed by atoms with Crippen molar-refractivity contribution in [3.63, 3.8) is 0 Å². The molecule has 1 aromatic rings. The first-order valence-corrected chi connectivity index (χ1v) is 7.49. The minimum absolute atomic E-state index is 0.292. The minimum Gasteiger partial charge on any atom is -0.441 e. The van der Waals surface area contributed by atoms with Crippen LogP contribution in [-0.2, 0) is 14.9 Å². The van der Waals surface area contributed by atoms with Crippen molar-refractivity contribution < 1.29 is 48.8 Å². The zero-order chi connectivity index (χ0) is 18.2. The van der Waals surface area contributed by atoms with Gasteiger partial charge in [0.15, 0.2) is 0 Å². The average molecular weight is 431 g/mol. The Bertz CT molecular complexity index is 717. The predicted octanol–water partition coefficient (Wildman–Crippen LogP) is 3.16. The lowest BCUT2D eigenvalue weighted by atomic mass is 10.2. The van der Waals surface area contributed by atoms with Crippen LogP contribution in [0.2, 0.25) is 0 Å². The van der Waals surface area contributed by atoms with Gasteiger partial charge in [0.25, 0.3) is 6.10 Å². The average Bonchev–Trinajstić information content (AvgIpc) is 2.35. The lowest BCUT2D eigenvalue weighted by molar-refractivity contribution is -0.248. The third kappa shape index (κ3) is 4.35. The summed E-state index contributed by atoms with van der Waals surface area (Å²) < 4.78 is 109. The van der Waals surface area contributed by atoms with Gasteiger partial charge < -0.3 is 4.74 Å². The maximum absolute atomic E-state index is 13.2. The van der Waals surface area contributed by atoms with Gasteiger partial charge in [-0.3, -0.25) is 4.55 Å². The molecular weight excluding hydrogens is 426 g/mol. The van der Waals surface area contributed by atoms with Crippen LogP contribution in [0.4, 0.5) is 26.3 Å². The number of alkyl halides is 5. The van der Waals surface area contributed by atoms with E-state index in [0.29, 0.717) is 6.07 Å². The molecule has 13 heteroatoms. The first-order valence-electron chi connectivity index (χ1n) is 5.25. The van der Waals surface area contributed by atoms with Crippen LogP contribution in [0.25, 0.3) is 0 Å². The van der Waals surface area contributed by atoms with Crippen LogP contribution in [0.3, 0.4) is 0 Å². The largest absolute Gasteiger partial charge is 0.441 e. The summed E-state index contributed by atoms with van der Waals surface area (Å²) in [5, 5.41) is -5.86. The molecule has 0 radical (unpaired) electrons. The lowest BCUT2D eigenvalue weighted by Gasteiger charge is -2.26. The summed E-state index contributed by atoms with van der Waals surface area (Å²) in [6.45, 7) is 0. The van der Waals surface area contributed by atoms with Crippen LogP contribution in [0.5, 0.6) is 0 Å². The molecule has 0 amide bonds. The Balaban J connectivity index is 3.28. The second-order valence-electron chi connectivity index (χ2n) is 3.99. The number of rotatable bonds is 4. The fraction of sp³-hybridized carbons (Fsp3) is 0.300. The summed E-state index contributed by atoms with van der Waals surface area (Å²) in [5.41, 5.74) is -0.898. The monoisotopic (exact) mass is 430 g/mol. The summed E-state index contributed by atoms with van der Waals surface area (Å²) in [6.07, 6.45) is -10.5. The number of hydrogen-bond acceptors (Lipinski definition) is 4. The van der Waals surface area contributed by atoms with E-state index in [0.717, 1.165) is 12.1 Å². The predicted molar refractivity (Wildman–Crippen MR) is 65.9 cm³/mol. The summed E-state index contributed by atoms with van der Waals surface area (Å²) in [7, 11) is -6.55. The number of esters is 1. The van der Waals surface area contributed by atoms with E-state index >= 15 is 0 Å². The Hall–Kier alpha value is -1.34. The first-order chi connectivity index (χ1) is 10.2. The van der Waals surface area contributed by atoms with Crippen molar-refractivity contribution in [1.29, 1.82) is 0 Å². The molecule has 1 N–H and O–H groups in total. The van der Waals surface area contributed by atoms with Gasteiger partial charge in [0.2, 0.25) is 0 Å². The van der Waals surface area contributed by atoms with Crippen molar-refractivity contribution in [2.45, 2.75) is 17.5 Å². The zero-order valence-electron chi connectivity index (χ0n) is 10.4. The third-order valence-electron chi connectivity index (χ3n) is 2.32. The van der Waals surface area contributed by atoms with Crippen molar-refractivity contribution in [2.24, 2.45) is 0 Å². The van der Waals surface area contributed by atoms with Crippen LogP contribution in [0, 0.1) is 5.82 Å². The standard InChI is InChI=1S/C10H5BrF6O5S/c11-6-2-1-4(12)3-5(6)7(18)22-8(9(13,14)15)10(16,17)23(19,20)21/h1-3,8H,(H,19,20,21). The fourth-order valence-corrected chi connectivity index (χ4v) is 2.15. The molecule has 1 unspecified atom stereocenters. The normalized spacial score (nSPS) is 14.4.